The fourth-order valence-corrected chi connectivity index (χ4v) is 1.47. The number of nitrogens with zero attached hydrogens (tertiary/aromatic N) is 1. The minimum Gasteiger partial charge on any atom is -0.352 e. The Hall–Kier alpha value is -1.53. The number of nitrogens with one attached hydrogen (secondary N) is 2. The molecule has 1 aromatic rings. The van der Waals surface area contributed by atoms with E-state index in [2.05, 4.69) is 15.6 Å². The molecule has 0 atom stereocenters. The third kappa shape index (κ3) is 4.46. The Balaban J connectivity index is 2.50. The Morgan fingerprint density at radius 1 is 1.24 bits per heavy atom. The molecule has 0 unspecified atom stereocenters. The summed E-state index contributed by atoms with van der Waals surface area (Å²) in [7, 11) is 0. The van der Waals surface area contributed by atoms with E-state index in [1.54, 1.807) is 0 Å². The summed E-state index contributed by atoms with van der Waals surface area (Å²) in [6.07, 6.45) is 0. The molecule has 17 heavy (non-hydrogen) atoms. The van der Waals surface area contributed by atoms with Crippen LogP contribution in [0.25, 0.3) is 0 Å². The molecule has 3 amide bonds. The van der Waals surface area contributed by atoms with Crippen LogP contribution in [0.1, 0.15) is 10.4 Å². The van der Waals surface area contributed by atoms with Gasteiger partial charge in [-0.25, -0.2) is 9.78 Å². The third-order valence-corrected chi connectivity index (χ3v) is 2.27. The first-order valence-electron chi connectivity index (χ1n) is 4.64. The summed E-state index contributed by atoms with van der Waals surface area (Å²) in [5.41, 5.74) is 5.07. The van der Waals surface area contributed by atoms with E-state index >= 15 is 0 Å². The molecule has 6 nitrogen and oxygen atoms in total. The third-order valence-electron chi connectivity index (χ3n) is 1.77. The summed E-state index contributed by atoms with van der Waals surface area (Å²) < 4.78 is 0. The molecule has 1 heterocycles. The predicted molar refractivity (Wildman–Crippen MR) is 64.2 cm³/mol. The van der Waals surface area contributed by atoms with Crippen LogP contribution in [0.15, 0.2) is 12.1 Å². The maximum absolute atomic E-state index is 11.6. The van der Waals surface area contributed by atoms with Crippen LogP contribution in [0, 0.1) is 0 Å². The Morgan fingerprint density at radius 3 is 2.47 bits per heavy atom. The molecule has 8 heteroatoms. The van der Waals surface area contributed by atoms with Crippen molar-refractivity contribution in [2.75, 3.05) is 13.1 Å². The lowest BCUT2D eigenvalue weighted by molar-refractivity contribution is 0.0953. The second-order valence-corrected chi connectivity index (χ2v) is 3.76. The number of hydrogen-bond acceptors (Lipinski definition) is 3. The van der Waals surface area contributed by atoms with Crippen LogP contribution in [0.3, 0.4) is 0 Å². The molecular weight excluding hydrogens is 267 g/mol. The summed E-state index contributed by atoms with van der Waals surface area (Å²) >= 11 is 11.3. The van der Waals surface area contributed by atoms with Crippen molar-refractivity contribution in [2.24, 2.45) is 5.73 Å². The fraction of sp³-hybridized carbons (Fsp3) is 0.222. The van der Waals surface area contributed by atoms with Gasteiger partial charge >= 0.3 is 6.03 Å². The number of rotatable bonds is 4. The zero-order chi connectivity index (χ0) is 12.8. The lowest BCUT2D eigenvalue weighted by Gasteiger charge is -2.06. The zero-order valence-corrected chi connectivity index (χ0v) is 10.2. The van der Waals surface area contributed by atoms with Crippen molar-refractivity contribution in [2.45, 2.75) is 0 Å². The molecule has 0 saturated carbocycles. The van der Waals surface area contributed by atoms with Gasteiger partial charge in [-0.1, -0.05) is 23.2 Å². The molecule has 0 bridgehead atoms. The van der Waals surface area contributed by atoms with Crippen LogP contribution >= 0.6 is 23.2 Å². The van der Waals surface area contributed by atoms with Gasteiger partial charge in [0.1, 0.15) is 10.3 Å². The lowest BCUT2D eigenvalue weighted by Crippen LogP contribution is -2.37. The Labute approximate surface area is 107 Å². The number of halogens is 2. The van der Waals surface area contributed by atoms with E-state index in [1.807, 2.05) is 0 Å². The first-order chi connectivity index (χ1) is 8.00. The first-order valence-corrected chi connectivity index (χ1v) is 5.40. The van der Waals surface area contributed by atoms with Gasteiger partial charge in [0, 0.05) is 13.1 Å². The summed E-state index contributed by atoms with van der Waals surface area (Å²) in [5.74, 6) is -0.398. The Kier molecular flexibility index (Phi) is 4.99. The highest BCUT2D eigenvalue weighted by Gasteiger charge is 2.11. The lowest BCUT2D eigenvalue weighted by atomic mass is 10.2. The predicted octanol–water partition coefficient (Wildman–Crippen LogP) is 0.787. The molecule has 1 rings (SSSR count). The van der Waals surface area contributed by atoms with Gasteiger partial charge < -0.3 is 16.4 Å². The molecule has 0 aliphatic heterocycles. The number of carbonyl (C=O) groups is 2. The van der Waals surface area contributed by atoms with Gasteiger partial charge in [0.2, 0.25) is 0 Å². The summed E-state index contributed by atoms with van der Waals surface area (Å²) in [6.45, 7) is 0.473. The molecule has 0 aliphatic carbocycles. The molecular formula is C9H10Cl2N4O2. The minimum absolute atomic E-state index is 0.0258. The van der Waals surface area contributed by atoms with Crippen LogP contribution in [0.4, 0.5) is 4.79 Å². The maximum atomic E-state index is 11.6. The van der Waals surface area contributed by atoms with E-state index in [4.69, 9.17) is 28.9 Å². The highest BCUT2D eigenvalue weighted by molar-refractivity contribution is 6.34. The van der Waals surface area contributed by atoms with E-state index in [9.17, 15) is 9.59 Å². The van der Waals surface area contributed by atoms with Gasteiger partial charge in [-0.05, 0) is 12.1 Å². The molecule has 0 radical (unpaired) electrons. The smallest absolute Gasteiger partial charge is 0.312 e. The van der Waals surface area contributed by atoms with Gasteiger partial charge in [-0.3, -0.25) is 4.79 Å². The van der Waals surface area contributed by atoms with E-state index in [0.717, 1.165) is 0 Å². The average molecular weight is 277 g/mol. The van der Waals surface area contributed by atoms with Crippen LogP contribution in [-0.4, -0.2) is 30.0 Å². The summed E-state index contributed by atoms with van der Waals surface area (Å²) in [6, 6.07) is 2.28. The summed E-state index contributed by atoms with van der Waals surface area (Å²) in [4.78, 5) is 25.7. The second-order valence-electron chi connectivity index (χ2n) is 3.02. The van der Waals surface area contributed by atoms with Crippen LogP contribution in [-0.2, 0) is 0 Å². The monoisotopic (exact) mass is 276 g/mol. The van der Waals surface area contributed by atoms with Crippen molar-refractivity contribution in [1.82, 2.24) is 15.6 Å². The molecule has 0 spiro atoms. The molecule has 4 N–H and O–H groups in total. The van der Waals surface area contributed by atoms with Crippen LogP contribution in [0.5, 0.6) is 0 Å². The number of hydrogen-bond donors (Lipinski definition) is 3. The number of pyridine rings is 1. The molecule has 0 aromatic carbocycles. The van der Waals surface area contributed by atoms with E-state index in [-0.39, 0.29) is 29.0 Å². The Bertz CT molecular complexity index is 439. The minimum atomic E-state index is -0.648. The van der Waals surface area contributed by atoms with Crippen molar-refractivity contribution in [1.29, 1.82) is 0 Å². The second kappa shape index (κ2) is 6.27. The SMILES string of the molecule is NC(=O)NCCNC(=O)c1ccc(Cl)nc1Cl. The maximum Gasteiger partial charge on any atom is 0.312 e. The van der Waals surface area contributed by atoms with Crippen molar-refractivity contribution in [3.05, 3.63) is 28.0 Å². The normalized spacial score (nSPS) is 9.76. The van der Waals surface area contributed by atoms with Crippen molar-refractivity contribution in [3.8, 4) is 0 Å². The van der Waals surface area contributed by atoms with Crippen molar-refractivity contribution in [3.63, 3.8) is 0 Å². The molecule has 0 saturated heterocycles. The Morgan fingerprint density at radius 2 is 1.88 bits per heavy atom. The van der Waals surface area contributed by atoms with Gasteiger partial charge in [0.05, 0.1) is 5.56 Å². The highest BCUT2D eigenvalue weighted by Crippen LogP contribution is 2.16. The number of urea groups is 1. The summed E-state index contributed by atoms with van der Waals surface area (Å²) in [5, 5.41) is 5.10. The zero-order valence-electron chi connectivity index (χ0n) is 8.67. The molecule has 92 valence electrons. The standard InChI is InChI=1S/C9H10Cl2N4O2/c10-6-2-1-5(7(11)15-6)8(16)13-3-4-14-9(12)17/h1-2H,3-4H2,(H,13,16)(H3,12,14,17). The van der Waals surface area contributed by atoms with E-state index < -0.39 is 11.9 Å². The van der Waals surface area contributed by atoms with Gasteiger partial charge in [-0.15, -0.1) is 0 Å². The number of nitrogens with two attached hydrogens (primary N) is 1. The van der Waals surface area contributed by atoms with Crippen LogP contribution in [0.2, 0.25) is 10.3 Å². The van der Waals surface area contributed by atoms with Crippen molar-refractivity contribution >= 4 is 35.1 Å². The number of aromatic nitrogens is 1. The topological polar surface area (TPSA) is 97.1 Å². The number of primary amides is 1. The quantitative estimate of drug-likeness (QED) is 0.560. The average Bonchev–Trinajstić information content (AvgIpc) is 2.23. The highest BCUT2D eigenvalue weighted by atomic mass is 35.5. The fourth-order valence-electron chi connectivity index (χ4n) is 1.04. The molecule has 0 aliphatic rings. The number of carbonyl (C=O) groups excluding carboxylic acids is 2. The largest absolute Gasteiger partial charge is 0.352 e. The van der Waals surface area contributed by atoms with Gasteiger partial charge in [0.15, 0.2) is 0 Å². The van der Waals surface area contributed by atoms with E-state index in [1.165, 1.54) is 12.1 Å². The van der Waals surface area contributed by atoms with Crippen molar-refractivity contribution < 1.29 is 9.59 Å². The number of amides is 3. The van der Waals surface area contributed by atoms with Crippen LogP contribution < -0.4 is 16.4 Å². The van der Waals surface area contributed by atoms with Gasteiger partial charge in [-0.2, -0.15) is 0 Å². The van der Waals surface area contributed by atoms with E-state index in [0.29, 0.717) is 0 Å². The van der Waals surface area contributed by atoms with Gasteiger partial charge in [0.25, 0.3) is 5.91 Å². The molecule has 1 aromatic heterocycles. The molecule has 0 fully saturated rings. The first kappa shape index (κ1) is 13.5.